The van der Waals surface area contributed by atoms with Crippen LogP contribution < -0.4 is 4.72 Å². The Labute approximate surface area is 107 Å². The molecule has 0 saturated heterocycles. The quantitative estimate of drug-likeness (QED) is 0.604. The number of esters is 1. The third-order valence-electron chi connectivity index (χ3n) is 2.12. The summed E-state index contributed by atoms with van der Waals surface area (Å²) in [6.45, 7) is 4.97. The number of hydrogen-bond acceptors (Lipinski definition) is 5. The van der Waals surface area contributed by atoms with Crippen LogP contribution in [-0.4, -0.2) is 43.9 Å². The van der Waals surface area contributed by atoms with Crippen LogP contribution in [0.1, 0.15) is 27.2 Å². The summed E-state index contributed by atoms with van der Waals surface area (Å²) < 4.78 is 29.8. The molecule has 0 aromatic heterocycles. The van der Waals surface area contributed by atoms with Gasteiger partial charge in [-0.05, 0) is 12.8 Å². The lowest BCUT2D eigenvalue weighted by Crippen LogP contribution is -2.45. The number of hydrogen-bond donors (Lipinski definition) is 2. The van der Waals surface area contributed by atoms with Gasteiger partial charge in [-0.3, -0.25) is 9.59 Å². The Morgan fingerprint density at radius 1 is 1.33 bits per heavy atom. The van der Waals surface area contributed by atoms with E-state index in [4.69, 9.17) is 5.11 Å². The Morgan fingerprint density at radius 3 is 2.28 bits per heavy atom. The lowest BCUT2D eigenvalue weighted by atomic mass is 10.1. The molecule has 0 aliphatic carbocycles. The van der Waals surface area contributed by atoms with E-state index in [0.717, 1.165) is 0 Å². The van der Waals surface area contributed by atoms with Crippen LogP contribution in [0, 0.1) is 5.92 Å². The highest BCUT2D eigenvalue weighted by Gasteiger charge is 2.27. The minimum Gasteiger partial charge on any atom is -0.480 e. The van der Waals surface area contributed by atoms with E-state index in [1.54, 1.807) is 20.8 Å². The Bertz CT molecular complexity index is 389. The molecule has 106 valence electrons. The first-order valence-corrected chi connectivity index (χ1v) is 7.23. The molecule has 2 N–H and O–H groups in total. The molecule has 0 heterocycles. The fraction of sp³-hybridized carbons (Fsp3) is 0.800. The molecule has 0 aliphatic heterocycles. The van der Waals surface area contributed by atoms with Crippen LogP contribution >= 0.6 is 0 Å². The molecule has 0 rings (SSSR count). The maximum atomic E-state index is 11.6. The van der Waals surface area contributed by atoms with Crippen molar-refractivity contribution in [3.8, 4) is 0 Å². The number of carbonyl (C=O) groups excluding carboxylic acids is 1. The number of aliphatic carboxylic acids is 1. The van der Waals surface area contributed by atoms with Crippen molar-refractivity contribution in [2.75, 3.05) is 12.4 Å². The summed E-state index contributed by atoms with van der Waals surface area (Å²) in [6, 6.07) is -1.20. The van der Waals surface area contributed by atoms with E-state index in [9.17, 15) is 18.0 Å². The number of ether oxygens (including phenoxy) is 1. The number of carboxylic acid groups (broad SMARTS) is 1. The lowest BCUT2D eigenvalue weighted by Gasteiger charge is -2.17. The minimum atomic E-state index is -3.82. The summed E-state index contributed by atoms with van der Waals surface area (Å²) in [5.41, 5.74) is 0. The molecule has 0 aromatic carbocycles. The molecule has 0 saturated carbocycles. The van der Waals surface area contributed by atoms with Crippen LogP contribution in [0.5, 0.6) is 0 Å². The summed E-state index contributed by atoms with van der Waals surface area (Å²) in [4.78, 5) is 21.9. The average molecular weight is 281 g/mol. The van der Waals surface area contributed by atoms with Gasteiger partial charge in [0.05, 0.1) is 18.8 Å². The first-order chi connectivity index (χ1) is 8.19. The zero-order chi connectivity index (χ0) is 14.3. The molecule has 1 atom stereocenters. The largest absolute Gasteiger partial charge is 0.480 e. The number of nitrogens with one attached hydrogen (secondary N) is 1. The normalized spacial score (nSPS) is 13.3. The molecule has 7 nitrogen and oxygen atoms in total. The maximum Gasteiger partial charge on any atom is 0.321 e. The lowest BCUT2D eigenvalue weighted by molar-refractivity contribution is -0.142. The molecule has 0 amide bonds. The smallest absolute Gasteiger partial charge is 0.321 e. The summed E-state index contributed by atoms with van der Waals surface area (Å²) in [7, 11) is -3.82. The van der Waals surface area contributed by atoms with Crippen molar-refractivity contribution >= 4 is 22.0 Å². The highest BCUT2D eigenvalue weighted by Crippen LogP contribution is 2.04. The predicted octanol–water partition coefficient (Wildman–Crippen LogP) is -0.0318. The number of carbonyl (C=O) groups is 2. The van der Waals surface area contributed by atoms with Crippen LogP contribution in [0.3, 0.4) is 0 Å². The zero-order valence-corrected chi connectivity index (χ0v) is 11.5. The van der Waals surface area contributed by atoms with Gasteiger partial charge in [0.25, 0.3) is 0 Å². The minimum absolute atomic E-state index is 0.177. The number of carboxylic acids is 1. The Balaban J connectivity index is 4.46. The van der Waals surface area contributed by atoms with Gasteiger partial charge < -0.3 is 9.84 Å². The molecule has 0 fully saturated rings. The van der Waals surface area contributed by atoms with Crippen LogP contribution in [-0.2, 0) is 24.3 Å². The van der Waals surface area contributed by atoms with Crippen molar-refractivity contribution in [3.05, 3.63) is 0 Å². The number of rotatable bonds is 8. The fourth-order valence-corrected chi connectivity index (χ4v) is 2.49. The second-order valence-electron chi connectivity index (χ2n) is 4.05. The van der Waals surface area contributed by atoms with Gasteiger partial charge in [0.1, 0.15) is 6.04 Å². The van der Waals surface area contributed by atoms with Gasteiger partial charge in [-0.25, -0.2) is 13.1 Å². The van der Waals surface area contributed by atoms with E-state index in [1.807, 2.05) is 0 Å². The number of sulfonamides is 1. The van der Waals surface area contributed by atoms with E-state index >= 15 is 0 Å². The van der Waals surface area contributed by atoms with Crippen molar-refractivity contribution < 1.29 is 27.9 Å². The molecule has 0 unspecified atom stereocenters. The molecule has 0 spiro atoms. The fourth-order valence-electron chi connectivity index (χ4n) is 1.17. The summed E-state index contributed by atoms with van der Waals surface area (Å²) in [5, 5.41) is 8.85. The van der Waals surface area contributed by atoms with E-state index in [1.165, 1.54) is 0 Å². The molecule has 0 aromatic rings. The van der Waals surface area contributed by atoms with Gasteiger partial charge in [0.2, 0.25) is 10.0 Å². The summed E-state index contributed by atoms with van der Waals surface area (Å²) >= 11 is 0. The monoisotopic (exact) mass is 281 g/mol. The topological polar surface area (TPSA) is 110 Å². The van der Waals surface area contributed by atoms with Crippen molar-refractivity contribution in [2.45, 2.75) is 33.2 Å². The van der Waals surface area contributed by atoms with Gasteiger partial charge in [0.15, 0.2) is 0 Å². The predicted molar refractivity (Wildman–Crippen MR) is 64.4 cm³/mol. The zero-order valence-electron chi connectivity index (χ0n) is 10.7. The van der Waals surface area contributed by atoms with Crippen molar-refractivity contribution in [3.63, 3.8) is 0 Å². The molecule has 0 aliphatic rings. The summed E-state index contributed by atoms with van der Waals surface area (Å²) in [6.07, 6.45) is -0.298. The van der Waals surface area contributed by atoms with Crippen LogP contribution in [0.2, 0.25) is 0 Å². The van der Waals surface area contributed by atoms with E-state index in [-0.39, 0.29) is 18.9 Å². The Hall–Kier alpha value is -1.15. The molecule has 8 heteroatoms. The molecule has 18 heavy (non-hydrogen) atoms. The van der Waals surface area contributed by atoms with Gasteiger partial charge in [-0.15, -0.1) is 0 Å². The van der Waals surface area contributed by atoms with E-state index in [0.29, 0.717) is 0 Å². The second-order valence-corrected chi connectivity index (χ2v) is 5.93. The molecule has 0 bridgehead atoms. The standard InChI is InChI=1S/C10H19NO6S/c1-4-17-8(12)5-6-18(15,16)11-9(7(2)3)10(13)14/h7,9,11H,4-6H2,1-3H3,(H,13,14)/t9-/m1/s1. The average Bonchev–Trinajstić information content (AvgIpc) is 2.23. The third-order valence-corrected chi connectivity index (χ3v) is 3.47. The Kier molecular flexibility index (Phi) is 6.85. The van der Waals surface area contributed by atoms with Crippen LogP contribution in [0.4, 0.5) is 0 Å². The SMILES string of the molecule is CCOC(=O)CCS(=O)(=O)N[C@@H](C(=O)O)C(C)C. The van der Waals surface area contributed by atoms with E-state index < -0.39 is 33.8 Å². The van der Waals surface area contributed by atoms with E-state index in [2.05, 4.69) is 9.46 Å². The highest BCUT2D eigenvalue weighted by molar-refractivity contribution is 7.89. The van der Waals surface area contributed by atoms with Gasteiger partial charge >= 0.3 is 11.9 Å². The van der Waals surface area contributed by atoms with Gasteiger partial charge in [-0.1, -0.05) is 13.8 Å². The highest BCUT2D eigenvalue weighted by atomic mass is 32.2. The third kappa shape index (κ3) is 6.55. The van der Waals surface area contributed by atoms with Crippen molar-refractivity contribution in [1.29, 1.82) is 0 Å². The maximum absolute atomic E-state index is 11.6. The van der Waals surface area contributed by atoms with Crippen molar-refractivity contribution in [2.24, 2.45) is 5.92 Å². The van der Waals surface area contributed by atoms with Crippen LogP contribution in [0.15, 0.2) is 0 Å². The summed E-state index contributed by atoms with van der Waals surface area (Å²) in [5.74, 6) is -2.74. The van der Waals surface area contributed by atoms with Gasteiger partial charge in [-0.2, -0.15) is 0 Å². The molecular formula is C10H19NO6S. The van der Waals surface area contributed by atoms with Crippen LogP contribution in [0.25, 0.3) is 0 Å². The second kappa shape index (κ2) is 7.32. The first kappa shape index (κ1) is 16.9. The first-order valence-electron chi connectivity index (χ1n) is 5.58. The molecule has 0 radical (unpaired) electrons. The molecular weight excluding hydrogens is 262 g/mol. The van der Waals surface area contributed by atoms with Gasteiger partial charge in [0, 0.05) is 0 Å². The Morgan fingerprint density at radius 2 is 1.89 bits per heavy atom. The van der Waals surface area contributed by atoms with Crippen molar-refractivity contribution in [1.82, 2.24) is 4.72 Å².